The number of methoxy groups -OCH3 is 1. The molecule has 7 heteroatoms. The van der Waals surface area contributed by atoms with Crippen molar-refractivity contribution in [3.8, 4) is 0 Å². The molecule has 1 aliphatic heterocycles. The van der Waals surface area contributed by atoms with E-state index < -0.39 is 0 Å². The zero-order chi connectivity index (χ0) is 14.9. The number of carbonyl (C=O) groups is 1. The second-order valence-electron chi connectivity index (χ2n) is 4.70. The van der Waals surface area contributed by atoms with Crippen LogP contribution >= 0.6 is 23.5 Å². The normalized spacial score (nSPS) is 18.7. The van der Waals surface area contributed by atoms with Crippen LogP contribution in [0.25, 0.3) is 0 Å². The summed E-state index contributed by atoms with van der Waals surface area (Å²) in [5, 5.41) is 0.636. The minimum atomic E-state index is -0.331. The molecule has 2 atom stereocenters. The van der Waals surface area contributed by atoms with Gasteiger partial charge >= 0.3 is 5.97 Å². The van der Waals surface area contributed by atoms with Crippen LogP contribution in [0.1, 0.15) is 26.0 Å². The van der Waals surface area contributed by atoms with Crippen LogP contribution in [-0.2, 0) is 23.0 Å². The third-order valence-electron chi connectivity index (χ3n) is 3.16. The fraction of sp³-hybridized carbons (Fsp3) is 0.615. The lowest BCUT2D eigenvalue weighted by atomic mass is 10.2. The number of thioether (sulfide) groups is 2. The summed E-state index contributed by atoms with van der Waals surface area (Å²) in [6, 6.07) is 0. The van der Waals surface area contributed by atoms with Crippen LogP contribution in [0, 0.1) is 0 Å². The van der Waals surface area contributed by atoms with Crippen LogP contribution < -0.4 is 5.56 Å². The number of hydrogen-bond donors (Lipinski definition) is 0. The van der Waals surface area contributed by atoms with Crippen LogP contribution in [0.5, 0.6) is 0 Å². The molecular weight excluding hydrogens is 296 g/mol. The van der Waals surface area contributed by atoms with E-state index in [-0.39, 0.29) is 16.8 Å². The lowest BCUT2D eigenvalue weighted by molar-refractivity contribution is -0.140. The third-order valence-corrected chi connectivity index (χ3v) is 5.76. The first kappa shape index (κ1) is 15.4. The number of nitrogens with zero attached hydrogens (tertiary/aromatic N) is 2. The van der Waals surface area contributed by atoms with Gasteiger partial charge in [0, 0.05) is 18.7 Å². The van der Waals surface area contributed by atoms with Crippen LogP contribution in [0.15, 0.2) is 14.8 Å². The van der Waals surface area contributed by atoms with Gasteiger partial charge in [-0.25, -0.2) is 4.98 Å². The van der Waals surface area contributed by atoms with Gasteiger partial charge in [-0.05, 0) is 6.42 Å². The first-order valence-corrected chi connectivity index (χ1v) is 8.24. The number of rotatable bonds is 4. The van der Waals surface area contributed by atoms with Crippen LogP contribution in [0.4, 0.5) is 0 Å². The minimum absolute atomic E-state index is 0.0217. The van der Waals surface area contributed by atoms with Gasteiger partial charge in [-0.1, -0.05) is 25.6 Å². The highest BCUT2D eigenvalue weighted by atomic mass is 32.2. The van der Waals surface area contributed by atoms with Crippen molar-refractivity contribution in [3.63, 3.8) is 0 Å². The molecule has 0 fully saturated rings. The van der Waals surface area contributed by atoms with E-state index in [1.54, 1.807) is 18.8 Å². The summed E-state index contributed by atoms with van der Waals surface area (Å²) in [7, 11) is 3.07. The summed E-state index contributed by atoms with van der Waals surface area (Å²) in [6.07, 6.45) is 1.44. The molecule has 0 spiro atoms. The number of ether oxygens (including phenoxy) is 1. The van der Waals surface area contributed by atoms with Gasteiger partial charge in [0.15, 0.2) is 5.16 Å². The first-order valence-electron chi connectivity index (χ1n) is 6.49. The average molecular weight is 314 g/mol. The average Bonchev–Trinajstić information content (AvgIpc) is 2.81. The molecule has 1 aromatic heterocycles. The lowest BCUT2D eigenvalue weighted by Gasteiger charge is -2.14. The number of esters is 1. The Morgan fingerprint density at radius 2 is 2.35 bits per heavy atom. The zero-order valence-corrected chi connectivity index (χ0v) is 13.6. The maximum atomic E-state index is 12.3. The Balaban J connectivity index is 2.34. The number of aromatic nitrogens is 2. The maximum absolute atomic E-state index is 12.3. The van der Waals surface area contributed by atoms with Crippen molar-refractivity contribution in [2.24, 2.45) is 7.05 Å². The molecule has 0 N–H and O–H groups in total. The van der Waals surface area contributed by atoms with Crippen LogP contribution in [0.2, 0.25) is 0 Å². The van der Waals surface area contributed by atoms with Crippen molar-refractivity contribution in [1.82, 2.24) is 9.55 Å². The Hall–Kier alpha value is -0.950. The van der Waals surface area contributed by atoms with Gasteiger partial charge < -0.3 is 4.74 Å². The molecular formula is C13H18N2O3S2. The highest BCUT2D eigenvalue weighted by Crippen LogP contribution is 2.34. The van der Waals surface area contributed by atoms with E-state index in [1.165, 1.54) is 23.4 Å². The van der Waals surface area contributed by atoms with Crippen molar-refractivity contribution >= 4 is 29.5 Å². The fourth-order valence-corrected chi connectivity index (χ4v) is 4.20. The van der Waals surface area contributed by atoms with Crippen molar-refractivity contribution in [1.29, 1.82) is 0 Å². The number of hydrogen-bond acceptors (Lipinski definition) is 6. The quantitative estimate of drug-likeness (QED) is 0.480. The topological polar surface area (TPSA) is 61.2 Å². The predicted molar refractivity (Wildman–Crippen MR) is 80.5 cm³/mol. The highest BCUT2D eigenvalue weighted by molar-refractivity contribution is 8.00. The zero-order valence-electron chi connectivity index (χ0n) is 12.0. The first-order chi connectivity index (χ1) is 9.47. The number of carbonyl (C=O) groups excluding carboxylic acids is 1. The van der Waals surface area contributed by atoms with Crippen molar-refractivity contribution in [2.75, 3.05) is 7.11 Å². The van der Waals surface area contributed by atoms with E-state index in [9.17, 15) is 9.59 Å². The molecule has 2 heterocycles. The predicted octanol–water partition coefficient (Wildman–Crippen LogP) is 1.86. The van der Waals surface area contributed by atoms with Gasteiger partial charge in [0.1, 0.15) is 5.25 Å². The van der Waals surface area contributed by atoms with Gasteiger partial charge in [0.2, 0.25) is 0 Å². The molecule has 110 valence electrons. The Kier molecular flexibility index (Phi) is 4.80. The molecule has 0 bridgehead atoms. The van der Waals surface area contributed by atoms with Crippen molar-refractivity contribution in [3.05, 3.63) is 16.0 Å². The summed E-state index contributed by atoms with van der Waals surface area (Å²) in [5.41, 5.74) is 0.833. The Bertz CT molecular complexity index is 586. The summed E-state index contributed by atoms with van der Waals surface area (Å²) in [4.78, 5) is 29.3. The molecule has 1 aromatic rings. The van der Waals surface area contributed by atoms with E-state index in [1.807, 2.05) is 6.92 Å². The largest absolute Gasteiger partial charge is 0.468 e. The van der Waals surface area contributed by atoms with Gasteiger partial charge in [0.25, 0.3) is 5.56 Å². The van der Waals surface area contributed by atoms with E-state index in [0.717, 1.165) is 17.0 Å². The lowest BCUT2D eigenvalue weighted by Crippen LogP contribution is -2.25. The van der Waals surface area contributed by atoms with Gasteiger partial charge in [0.05, 0.1) is 17.7 Å². The molecule has 5 nitrogen and oxygen atoms in total. The monoisotopic (exact) mass is 314 g/mol. The molecule has 1 aliphatic rings. The van der Waals surface area contributed by atoms with Crippen molar-refractivity contribution in [2.45, 2.75) is 47.2 Å². The summed E-state index contributed by atoms with van der Waals surface area (Å²) < 4.78 is 6.30. The van der Waals surface area contributed by atoms with E-state index >= 15 is 0 Å². The molecule has 0 saturated heterocycles. The van der Waals surface area contributed by atoms with E-state index in [0.29, 0.717) is 16.8 Å². The van der Waals surface area contributed by atoms with Crippen molar-refractivity contribution < 1.29 is 9.53 Å². The minimum Gasteiger partial charge on any atom is -0.468 e. The summed E-state index contributed by atoms with van der Waals surface area (Å²) in [5.74, 6) is -0.282. The van der Waals surface area contributed by atoms with Crippen LogP contribution in [-0.4, -0.2) is 33.1 Å². The van der Waals surface area contributed by atoms with Gasteiger partial charge in [-0.3, -0.25) is 14.2 Å². The fourth-order valence-electron chi connectivity index (χ4n) is 2.04. The van der Waals surface area contributed by atoms with Gasteiger partial charge in [-0.15, -0.1) is 11.8 Å². The Labute approximate surface area is 126 Å². The maximum Gasteiger partial charge on any atom is 0.319 e. The van der Waals surface area contributed by atoms with E-state index in [2.05, 4.69) is 11.9 Å². The molecule has 20 heavy (non-hydrogen) atoms. The molecule has 2 rings (SSSR count). The SMILES string of the molecule is CC[C@H](Sc1nc2c(c(=O)n1C)S[C@@H](C)C2)C(=O)OC. The molecule has 0 aromatic carbocycles. The van der Waals surface area contributed by atoms with E-state index in [4.69, 9.17) is 4.74 Å². The molecule has 0 amide bonds. The summed E-state index contributed by atoms with van der Waals surface area (Å²) in [6.45, 7) is 4.00. The second kappa shape index (κ2) is 6.22. The molecule has 0 unspecified atom stereocenters. The number of fused-ring (bicyclic) bond motifs is 1. The summed E-state index contributed by atoms with van der Waals surface area (Å²) >= 11 is 2.88. The van der Waals surface area contributed by atoms with Crippen LogP contribution in [0.3, 0.4) is 0 Å². The standard InChI is InChI=1S/C13H18N2O3S2/c1-5-9(12(17)18-4)20-13-14-8-6-7(2)19-10(8)11(16)15(13)3/h7,9H,5-6H2,1-4H3/t7-,9-/m0/s1. The second-order valence-corrected chi connectivity index (χ2v) is 7.32. The molecule has 0 aliphatic carbocycles. The smallest absolute Gasteiger partial charge is 0.319 e. The molecule has 0 radical (unpaired) electrons. The third kappa shape index (κ3) is 2.88. The Morgan fingerprint density at radius 3 is 2.95 bits per heavy atom. The Morgan fingerprint density at radius 1 is 1.65 bits per heavy atom. The van der Waals surface area contributed by atoms with Gasteiger partial charge in [-0.2, -0.15) is 0 Å². The molecule has 0 saturated carbocycles. The highest BCUT2D eigenvalue weighted by Gasteiger charge is 2.27.